The third-order valence-corrected chi connectivity index (χ3v) is 2.65. The number of rotatable bonds is 5. The molecular formula is C13H28N2O2. The van der Waals surface area contributed by atoms with Crippen molar-refractivity contribution in [2.75, 3.05) is 7.05 Å². The average Bonchev–Trinajstić information content (AvgIpc) is 2.14. The number of carbonyl (C=O) groups is 1. The number of hydrogen-bond donors (Lipinski definition) is 2. The Hall–Kier alpha value is -0.770. The van der Waals surface area contributed by atoms with Crippen molar-refractivity contribution in [1.29, 1.82) is 0 Å². The van der Waals surface area contributed by atoms with E-state index in [1.165, 1.54) is 0 Å². The van der Waals surface area contributed by atoms with Gasteiger partial charge in [-0.05, 0) is 40.2 Å². The Morgan fingerprint density at radius 1 is 1.29 bits per heavy atom. The molecule has 0 unspecified atom stereocenters. The van der Waals surface area contributed by atoms with Gasteiger partial charge in [-0.1, -0.05) is 20.8 Å². The van der Waals surface area contributed by atoms with Crippen LogP contribution in [0.4, 0.5) is 4.79 Å². The van der Waals surface area contributed by atoms with Crippen molar-refractivity contribution in [3.63, 3.8) is 0 Å². The molecule has 0 saturated carbocycles. The molecule has 0 bridgehead atoms. The Kier molecular flexibility index (Phi) is 6.53. The van der Waals surface area contributed by atoms with Crippen molar-refractivity contribution in [3.05, 3.63) is 0 Å². The minimum Gasteiger partial charge on any atom is -0.444 e. The normalized spacial score (nSPS) is 15.5. The van der Waals surface area contributed by atoms with Gasteiger partial charge in [0.25, 0.3) is 0 Å². The van der Waals surface area contributed by atoms with Crippen molar-refractivity contribution < 1.29 is 9.53 Å². The summed E-state index contributed by atoms with van der Waals surface area (Å²) in [5.74, 6) is 0.361. The van der Waals surface area contributed by atoms with Crippen LogP contribution in [0.1, 0.15) is 48.0 Å². The van der Waals surface area contributed by atoms with Crippen LogP contribution in [-0.2, 0) is 4.74 Å². The molecule has 102 valence electrons. The van der Waals surface area contributed by atoms with Gasteiger partial charge in [0, 0.05) is 12.1 Å². The second-order valence-electron chi connectivity index (χ2n) is 5.72. The van der Waals surface area contributed by atoms with Gasteiger partial charge < -0.3 is 15.4 Å². The predicted octanol–water partition coefficient (Wildman–Crippen LogP) is 2.53. The first-order valence-corrected chi connectivity index (χ1v) is 6.38. The van der Waals surface area contributed by atoms with Crippen LogP contribution >= 0.6 is 0 Å². The fourth-order valence-electron chi connectivity index (χ4n) is 1.81. The van der Waals surface area contributed by atoms with E-state index in [0.717, 1.165) is 6.42 Å². The van der Waals surface area contributed by atoms with E-state index in [1.54, 1.807) is 0 Å². The van der Waals surface area contributed by atoms with E-state index in [9.17, 15) is 4.79 Å². The lowest BCUT2D eigenvalue weighted by Gasteiger charge is -2.31. The lowest BCUT2D eigenvalue weighted by molar-refractivity contribution is 0.0475. The van der Waals surface area contributed by atoms with E-state index >= 15 is 0 Å². The zero-order valence-electron chi connectivity index (χ0n) is 12.3. The van der Waals surface area contributed by atoms with E-state index in [-0.39, 0.29) is 18.2 Å². The van der Waals surface area contributed by atoms with Crippen LogP contribution in [0.2, 0.25) is 0 Å². The maximum Gasteiger partial charge on any atom is 0.407 e. The van der Waals surface area contributed by atoms with Gasteiger partial charge in [-0.15, -0.1) is 0 Å². The van der Waals surface area contributed by atoms with Crippen LogP contribution in [0.15, 0.2) is 0 Å². The molecule has 0 saturated heterocycles. The zero-order valence-corrected chi connectivity index (χ0v) is 12.3. The molecule has 0 aliphatic rings. The van der Waals surface area contributed by atoms with Gasteiger partial charge in [0.05, 0.1) is 0 Å². The largest absolute Gasteiger partial charge is 0.444 e. The summed E-state index contributed by atoms with van der Waals surface area (Å²) in [7, 11) is 1.92. The first-order chi connectivity index (χ1) is 7.71. The summed E-state index contributed by atoms with van der Waals surface area (Å²) in [5, 5.41) is 6.18. The van der Waals surface area contributed by atoms with Gasteiger partial charge in [0.1, 0.15) is 5.60 Å². The van der Waals surface area contributed by atoms with Crippen LogP contribution in [0, 0.1) is 5.92 Å². The molecule has 0 radical (unpaired) electrons. The highest BCUT2D eigenvalue weighted by atomic mass is 16.6. The topological polar surface area (TPSA) is 50.4 Å². The summed E-state index contributed by atoms with van der Waals surface area (Å²) in [6, 6.07) is 0.349. The fourth-order valence-corrected chi connectivity index (χ4v) is 1.81. The van der Waals surface area contributed by atoms with E-state index in [2.05, 4.69) is 31.4 Å². The molecule has 0 aromatic heterocycles. The van der Waals surface area contributed by atoms with Crippen molar-refractivity contribution in [2.24, 2.45) is 5.92 Å². The van der Waals surface area contributed by atoms with Crippen LogP contribution in [0.25, 0.3) is 0 Å². The third-order valence-electron chi connectivity index (χ3n) is 2.65. The molecule has 2 atom stereocenters. The van der Waals surface area contributed by atoms with Gasteiger partial charge in [-0.3, -0.25) is 0 Å². The van der Waals surface area contributed by atoms with E-state index < -0.39 is 5.60 Å². The smallest absolute Gasteiger partial charge is 0.407 e. The third kappa shape index (κ3) is 6.51. The maximum atomic E-state index is 11.7. The highest BCUT2D eigenvalue weighted by Gasteiger charge is 2.26. The molecule has 0 aliphatic heterocycles. The Morgan fingerprint density at radius 3 is 2.12 bits per heavy atom. The van der Waals surface area contributed by atoms with Gasteiger partial charge >= 0.3 is 6.09 Å². The molecule has 4 nitrogen and oxygen atoms in total. The van der Waals surface area contributed by atoms with Gasteiger partial charge in [0.2, 0.25) is 0 Å². The minimum absolute atomic E-state index is 0.0832. The number of nitrogens with one attached hydrogen (secondary N) is 2. The minimum atomic E-state index is -0.451. The lowest BCUT2D eigenvalue weighted by atomic mass is 9.95. The Morgan fingerprint density at radius 2 is 1.82 bits per heavy atom. The molecule has 0 spiro atoms. The molecule has 0 aliphatic carbocycles. The standard InChI is InChI=1S/C13H28N2O2/c1-8-10(14-7)11(9(2)3)15-12(16)17-13(4,5)6/h9-11,14H,8H2,1-7H3,(H,15,16)/t10-,11+/m1/s1. The molecule has 0 aromatic carbocycles. The highest BCUT2D eigenvalue weighted by molar-refractivity contribution is 5.68. The molecule has 1 amide bonds. The SMILES string of the molecule is CC[C@@H](NC)[C@@H](NC(=O)OC(C)(C)C)C(C)C. The quantitative estimate of drug-likeness (QED) is 0.781. The Balaban J connectivity index is 4.50. The number of likely N-dealkylation sites (N-methyl/N-ethyl adjacent to an activating group) is 1. The molecule has 4 heteroatoms. The zero-order chi connectivity index (χ0) is 13.6. The summed E-state index contributed by atoms with van der Waals surface area (Å²) >= 11 is 0. The summed E-state index contributed by atoms with van der Waals surface area (Å²) in [5.41, 5.74) is -0.451. The highest BCUT2D eigenvalue weighted by Crippen LogP contribution is 2.12. The second-order valence-corrected chi connectivity index (χ2v) is 5.72. The van der Waals surface area contributed by atoms with Gasteiger partial charge in [-0.25, -0.2) is 4.79 Å². The second kappa shape index (κ2) is 6.84. The van der Waals surface area contributed by atoms with Crippen molar-refractivity contribution in [3.8, 4) is 0 Å². The van der Waals surface area contributed by atoms with Gasteiger partial charge in [0.15, 0.2) is 0 Å². The number of hydrogen-bond acceptors (Lipinski definition) is 3. The van der Waals surface area contributed by atoms with Gasteiger partial charge in [-0.2, -0.15) is 0 Å². The molecule has 2 N–H and O–H groups in total. The molecule has 17 heavy (non-hydrogen) atoms. The van der Waals surface area contributed by atoms with Crippen LogP contribution in [0.3, 0.4) is 0 Å². The van der Waals surface area contributed by atoms with Crippen molar-refractivity contribution >= 4 is 6.09 Å². The van der Waals surface area contributed by atoms with Crippen LogP contribution in [-0.4, -0.2) is 30.8 Å². The summed E-state index contributed by atoms with van der Waals surface area (Å²) < 4.78 is 5.28. The number of ether oxygens (including phenoxy) is 1. The van der Waals surface area contributed by atoms with Crippen molar-refractivity contribution in [1.82, 2.24) is 10.6 Å². The summed E-state index contributed by atoms with van der Waals surface area (Å²) in [4.78, 5) is 11.7. The monoisotopic (exact) mass is 244 g/mol. The molecule has 0 fully saturated rings. The van der Waals surface area contributed by atoms with E-state index in [0.29, 0.717) is 5.92 Å². The van der Waals surface area contributed by atoms with E-state index in [4.69, 9.17) is 4.74 Å². The maximum absolute atomic E-state index is 11.7. The fraction of sp³-hybridized carbons (Fsp3) is 0.923. The molecular weight excluding hydrogens is 216 g/mol. The van der Waals surface area contributed by atoms with Crippen LogP contribution < -0.4 is 10.6 Å². The van der Waals surface area contributed by atoms with E-state index in [1.807, 2.05) is 27.8 Å². The Labute approximate surface area is 105 Å². The number of carbonyl (C=O) groups excluding carboxylic acids is 1. The predicted molar refractivity (Wildman–Crippen MR) is 71.1 cm³/mol. The summed E-state index contributed by atoms with van der Waals surface area (Å²) in [6.07, 6.45) is 0.625. The van der Waals surface area contributed by atoms with Crippen molar-refractivity contribution in [2.45, 2.75) is 65.6 Å². The lowest BCUT2D eigenvalue weighted by Crippen LogP contribution is -2.52. The van der Waals surface area contributed by atoms with Crippen LogP contribution in [0.5, 0.6) is 0 Å². The first kappa shape index (κ1) is 16.2. The Bertz CT molecular complexity index is 230. The molecule has 0 heterocycles. The average molecular weight is 244 g/mol. The molecule has 0 aromatic rings. The first-order valence-electron chi connectivity index (χ1n) is 6.38. The number of amides is 1. The molecule has 0 rings (SSSR count). The number of alkyl carbamates (subject to hydrolysis) is 1. The summed E-state index contributed by atoms with van der Waals surface area (Å²) in [6.45, 7) is 11.9.